The van der Waals surface area contributed by atoms with Gasteiger partial charge in [0.25, 0.3) is 0 Å². The highest BCUT2D eigenvalue weighted by Crippen LogP contribution is 2.23. The largest absolute Gasteiger partial charge is 0.467 e. The first kappa shape index (κ1) is 14.5. The smallest absolute Gasteiger partial charge is 0.328 e. The van der Waals surface area contributed by atoms with Crippen molar-refractivity contribution in [3.63, 3.8) is 0 Å². The molecule has 0 aromatic heterocycles. The second kappa shape index (κ2) is 6.05. The van der Waals surface area contributed by atoms with Crippen LogP contribution in [0.3, 0.4) is 0 Å². The van der Waals surface area contributed by atoms with Gasteiger partial charge in [-0.2, -0.15) is 0 Å². The minimum Gasteiger partial charge on any atom is -0.467 e. The maximum absolute atomic E-state index is 12.2. The molecule has 2 N–H and O–H groups in total. The van der Waals surface area contributed by atoms with Gasteiger partial charge in [0.15, 0.2) is 0 Å². The maximum Gasteiger partial charge on any atom is 0.328 e. The summed E-state index contributed by atoms with van der Waals surface area (Å²) in [6.45, 7) is 1.91. The Bertz CT molecular complexity index is 489. The predicted octanol–water partition coefficient (Wildman–Crippen LogP) is 0.719. The average Bonchev–Trinajstić information content (AvgIpc) is 2.70. The number of hydrogen-bond acceptors (Lipinski definition) is 4. The molecule has 1 aromatic rings. The highest BCUT2D eigenvalue weighted by Gasteiger charge is 2.42. The van der Waals surface area contributed by atoms with Crippen LogP contribution in [0, 0.1) is 0 Å². The van der Waals surface area contributed by atoms with E-state index in [1.54, 1.807) is 4.90 Å². The van der Waals surface area contributed by atoms with E-state index in [9.17, 15) is 9.59 Å². The number of methoxy groups -OCH3 is 1. The first-order valence-electron chi connectivity index (χ1n) is 6.74. The topological polar surface area (TPSA) is 72.6 Å². The number of nitrogens with zero attached hydrogens (tertiary/aromatic N) is 1. The fourth-order valence-corrected chi connectivity index (χ4v) is 2.72. The third-order valence-corrected chi connectivity index (χ3v) is 3.72. The number of nitrogens with two attached hydrogens (primary N) is 1. The standard InChI is InChI=1S/C15H20N2O3/c1-10-8-12(16)14(18)17(10)13(15(19)20-2)9-11-6-4-3-5-7-11/h3-7,10,12-13H,8-9,16H2,1-2H3/t10?,12?,13-/m0/s1. The normalized spacial score (nSPS) is 23.8. The molecule has 2 rings (SSSR count). The summed E-state index contributed by atoms with van der Waals surface area (Å²) in [7, 11) is 1.34. The van der Waals surface area contributed by atoms with Crippen LogP contribution >= 0.6 is 0 Å². The number of likely N-dealkylation sites (tertiary alicyclic amines) is 1. The first-order chi connectivity index (χ1) is 9.54. The number of amides is 1. The van der Waals surface area contributed by atoms with Crippen molar-refractivity contribution in [2.24, 2.45) is 5.73 Å². The Hall–Kier alpha value is -1.88. The molecule has 1 aliphatic heterocycles. The van der Waals surface area contributed by atoms with Crippen LogP contribution in [-0.2, 0) is 20.7 Å². The van der Waals surface area contributed by atoms with Gasteiger partial charge < -0.3 is 15.4 Å². The Morgan fingerprint density at radius 3 is 2.60 bits per heavy atom. The molecule has 0 aliphatic carbocycles. The van der Waals surface area contributed by atoms with Crippen molar-refractivity contribution < 1.29 is 14.3 Å². The number of ether oxygens (including phenoxy) is 1. The summed E-state index contributed by atoms with van der Waals surface area (Å²) >= 11 is 0. The van der Waals surface area contributed by atoms with E-state index in [4.69, 9.17) is 10.5 Å². The van der Waals surface area contributed by atoms with Crippen LogP contribution in [-0.4, -0.2) is 42.0 Å². The lowest BCUT2D eigenvalue weighted by atomic mass is 10.0. The molecule has 5 nitrogen and oxygen atoms in total. The Balaban J connectivity index is 2.24. The van der Waals surface area contributed by atoms with Gasteiger partial charge in [-0.1, -0.05) is 30.3 Å². The van der Waals surface area contributed by atoms with Gasteiger partial charge in [-0.15, -0.1) is 0 Å². The number of carbonyl (C=O) groups is 2. The van der Waals surface area contributed by atoms with Crippen LogP contribution in [0.25, 0.3) is 0 Å². The van der Waals surface area contributed by atoms with Crippen LogP contribution in [0.1, 0.15) is 18.9 Å². The summed E-state index contributed by atoms with van der Waals surface area (Å²) in [5, 5.41) is 0. The van der Waals surface area contributed by atoms with Crippen molar-refractivity contribution >= 4 is 11.9 Å². The molecule has 2 unspecified atom stereocenters. The van der Waals surface area contributed by atoms with Crippen LogP contribution in [0.4, 0.5) is 0 Å². The molecular formula is C15H20N2O3. The van der Waals surface area contributed by atoms with Crippen molar-refractivity contribution in [2.45, 2.75) is 37.9 Å². The average molecular weight is 276 g/mol. The SMILES string of the molecule is COC(=O)[C@H](Cc1ccccc1)N1C(=O)C(N)CC1C. The van der Waals surface area contributed by atoms with E-state index in [2.05, 4.69) is 0 Å². The molecule has 1 aliphatic rings. The molecule has 108 valence electrons. The van der Waals surface area contributed by atoms with E-state index < -0.39 is 18.1 Å². The summed E-state index contributed by atoms with van der Waals surface area (Å²) in [6.07, 6.45) is 1.01. The van der Waals surface area contributed by atoms with Crippen LogP contribution in [0.5, 0.6) is 0 Å². The van der Waals surface area contributed by atoms with E-state index >= 15 is 0 Å². The van der Waals surface area contributed by atoms with E-state index in [0.717, 1.165) is 5.56 Å². The van der Waals surface area contributed by atoms with E-state index in [1.165, 1.54) is 7.11 Å². The molecule has 5 heteroatoms. The van der Waals surface area contributed by atoms with Crippen molar-refractivity contribution in [2.75, 3.05) is 7.11 Å². The van der Waals surface area contributed by atoms with Gasteiger partial charge in [0.2, 0.25) is 5.91 Å². The fourth-order valence-electron chi connectivity index (χ4n) is 2.72. The second-order valence-electron chi connectivity index (χ2n) is 5.17. The van der Waals surface area contributed by atoms with Crippen molar-refractivity contribution in [1.29, 1.82) is 0 Å². The zero-order valence-corrected chi connectivity index (χ0v) is 11.8. The monoisotopic (exact) mass is 276 g/mol. The third-order valence-electron chi connectivity index (χ3n) is 3.72. The number of hydrogen-bond donors (Lipinski definition) is 1. The molecule has 0 spiro atoms. The lowest BCUT2D eigenvalue weighted by Gasteiger charge is -2.29. The fraction of sp³-hybridized carbons (Fsp3) is 0.467. The molecule has 1 fully saturated rings. The van der Waals surface area contributed by atoms with Gasteiger partial charge >= 0.3 is 5.97 Å². The minimum atomic E-state index is -0.613. The van der Waals surface area contributed by atoms with Gasteiger partial charge in [-0.3, -0.25) is 4.79 Å². The third kappa shape index (κ3) is 2.82. The highest BCUT2D eigenvalue weighted by atomic mass is 16.5. The van der Waals surface area contributed by atoms with Gasteiger partial charge in [0.1, 0.15) is 6.04 Å². The van der Waals surface area contributed by atoms with Crippen LogP contribution < -0.4 is 5.73 Å². The zero-order valence-electron chi connectivity index (χ0n) is 11.8. The number of benzene rings is 1. The first-order valence-corrected chi connectivity index (χ1v) is 6.74. The Morgan fingerprint density at radius 1 is 1.45 bits per heavy atom. The Kier molecular flexibility index (Phi) is 4.39. The predicted molar refractivity (Wildman–Crippen MR) is 74.9 cm³/mol. The number of carbonyl (C=O) groups excluding carboxylic acids is 2. The van der Waals surface area contributed by atoms with E-state index in [1.807, 2.05) is 37.3 Å². The summed E-state index contributed by atoms with van der Waals surface area (Å²) in [5.74, 6) is -0.577. The molecule has 0 bridgehead atoms. The molecule has 1 aromatic carbocycles. The minimum absolute atomic E-state index is 0.0506. The van der Waals surface area contributed by atoms with Crippen molar-refractivity contribution in [3.05, 3.63) is 35.9 Å². The van der Waals surface area contributed by atoms with Crippen molar-refractivity contribution in [1.82, 2.24) is 4.90 Å². The quantitative estimate of drug-likeness (QED) is 0.822. The number of rotatable bonds is 4. The van der Waals surface area contributed by atoms with Gasteiger partial charge in [-0.25, -0.2) is 4.79 Å². The highest BCUT2D eigenvalue weighted by molar-refractivity contribution is 5.89. The summed E-state index contributed by atoms with van der Waals surface area (Å²) in [5.41, 5.74) is 6.78. The van der Waals surface area contributed by atoms with E-state index in [0.29, 0.717) is 12.8 Å². The summed E-state index contributed by atoms with van der Waals surface area (Å²) in [4.78, 5) is 25.8. The molecule has 3 atom stereocenters. The Morgan fingerprint density at radius 2 is 2.10 bits per heavy atom. The molecule has 0 saturated carbocycles. The lowest BCUT2D eigenvalue weighted by Crippen LogP contribution is -2.49. The van der Waals surface area contributed by atoms with Crippen molar-refractivity contribution in [3.8, 4) is 0 Å². The molecule has 20 heavy (non-hydrogen) atoms. The van der Waals surface area contributed by atoms with Crippen LogP contribution in [0.15, 0.2) is 30.3 Å². The van der Waals surface area contributed by atoms with Crippen LogP contribution in [0.2, 0.25) is 0 Å². The second-order valence-corrected chi connectivity index (χ2v) is 5.17. The summed E-state index contributed by atoms with van der Waals surface area (Å²) < 4.78 is 4.86. The Labute approximate surface area is 118 Å². The molecule has 1 heterocycles. The lowest BCUT2D eigenvalue weighted by molar-refractivity contribution is -0.152. The van der Waals surface area contributed by atoms with Gasteiger partial charge in [-0.05, 0) is 18.9 Å². The molecule has 1 saturated heterocycles. The zero-order chi connectivity index (χ0) is 14.7. The molecule has 1 amide bonds. The molecular weight excluding hydrogens is 256 g/mol. The number of esters is 1. The summed E-state index contributed by atoms with van der Waals surface area (Å²) in [6, 6.07) is 8.41. The van der Waals surface area contributed by atoms with Gasteiger partial charge in [0.05, 0.1) is 13.2 Å². The molecule has 0 radical (unpaired) electrons. The van der Waals surface area contributed by atoms with E-state index in [-0.39, 0.29) is 11.9 Å². The maximum atomic E-state index is 12.2. The van der Waals surface area contributed by atoms with Gasteiger partial charge in [0, 0.05) is 12.5 Å².